The van der Waals surface area contributed by atoms with Gasteiger partial charge in [0.05, 0.1) is 13.7 Å². The van der Waals surface area contributed by atoms with Gasteiger partial charge in [-0.3, -0.25) is 4.79 Å². The van der Waals surface area contributed by atoms with Crippen molar-refractivity contribution in [3.63, 3.8) is 0 Å². The molecular weight excluding hydrogens is 463 g/mol. The number of nitrogens with zero attached hydrogens (tertiary/aromatic N) is 1. The number of aryl methyl sites for hydroxylation is 1. The Morgan fingerprint density at radius 1 is 1.26 bits per heavy atom. The van der Waals surface area contributed by atoms with Gasteiger partial charge in [-0.2, -0.15) is 17.6 Å². The second-order valence-corrected chi connectivity index (χ2v) is 8.75. The van der Waals surface area contributed by atoms with Crippen LogP contribution in [0.3, 0.4) is 0 Å². The minimum absolute atomic E-state index is 0.0241. The van der Waals surface area contributed by atoms with Gasteiger partial charge in [-0.05, 0) is 19.9 Å². The molecule has 1 aliphatic heterocycles. The van der Waals surface area contributed by atoms with Crippen LogP contribution in [-0.2, 0) is 9.47 Å². The lowest BCUT2D eigenvalue weighted by Gasteiger charge is -2.32. The molecule has 1 aromatic carbocycles. The maximum Gasteiger partial charge on any atom is 0.417 e. The summed E-state index contributed by atoms with van der Waals surface area (Å²) in [6, 6.07) is 1.98. The maximum absolute atomic E-state index is 14.5. The largest absolute Gasteiger partial charge is 0.493 e. The number of aromatic amines is 1. The Bertz CT molecular complexity index is 1120. The van der Waals surface area contributed by atoms with E-state index >= 15 is 0 Å². The average Bonchev–Trinajstić information content (AvgIpc) is 3.01. The number of rotatable bonds is 6. The second kappa shape index (κ2) is 9.26. The quantitative estimate of drug-likeness (QED) is 0.582. The van der Waals surface area contributed by atoms with Gasteiger partial charge in [-0.25, -0.2) is 9.37 Å². The third kappa shape index (κ3) is 4.19. The Kier molecular flexibility index (Phi) is 7.10. The lowest BCUT2D eigenvalue weighted by molar-refractivity contribution is -0.275. The van der Waals surface area contributed by atoms with Crippen LogP contribution < -0.4 is 10.3 Å². The standard InChI is InChI=1S/C23H27F5N2O4/c1-10(9-32-5)15-12(3)29-20(30-21(15)31)19-16(11(2)22(4,34-19)23(26,27)28)13-7-8-14(24)17(25)18(13)33-6/h7-8,10-11,16,19H,9H2,1-6H3,(H,29,30,31)/t10-,11-,16-,19+,22+/m0/s1. The number of benzene rings is 1. The van der Waals surface area contributed by atoms with E-state index in [0.29, 0.717) is 11.3 Å². The Morgan fingerprint density at radius 3 is 2.44 bits per heavy atom. The molecule has 34 heavy (non-hydrogen) atoms. The number of methoxy groups -OCH3 is 2. The Morgan fingerprint density at radius 2 is 1.91 bits per heavy atom. The summed E-state index contributed by atoms with van der Waals surface area (Å²) in [5, 5.41) is 0. The topological polar surface area (TPSA) is 73.4 Å². The molecule has 0 spiro atoms. The van der Waals surface area contributed by atoms with E-state index in [2.05, 4.69) is 9.97 Å². The molecule has 188 valence electrons. The van der Waals surface area contributed by atoms with Crippen molar-refractivity contribution in [3.05, 3.63) is 56.8 Å². The molecule has 0 radical (unpaired) electrons. The van der Waals surface area contributed by atoms with Crippen LogP contribution in [0.5, 0.6) is 5.75 Å². The molecule has 11 heteroatoms. The van der Waals surface area contributed by atoms with Crippen molar-refractivity contribution in [2.45, 2.75) is 57.4 Å². The third-order valence-corrected chi connectivity index (χ3v) is 6.66. The van der Waals surface area contributed by atoms with Gasteiger partial charge in [-0.15, -0.1) is 0 Å². The van der Waals surface area contributed by atoms with Gasteiger partial charge in [0, 0.05) is 41.7 Å². The van der Waals surface area contributed by atoms with Gasteiger partial charge in [0.1, 0.15) is 11.9 Å². The van der Waals surface area contributed by atoms with E-state index in [1.54, 1.807) is 13.8 Å². The Hall–Kier alpha value is -2.53. The van der Waals surface area contributed by atoms with Gasteiger partial charge in [0.25, 0.3) is 5.56 Å². The first kappa shape index (κ1) is 26.1. The zero-order chi connectivity index (χ0) is 25.6. The molecule has 0 unspecified atom stereocenters. The normalized spacial score (nSPS) is 26.0. The lowest BCUT2D eigenvalue weighted by Crippen LogP contribution is -2.46. The minimum atomic E-state index is -4.80. The number of hydrogen-bond donors (Lipinski definition) is 1. The first-order valence-electron chi connectivity index (χ1n) is 10.6. The van der Waals surface area contributed by atoms with E-state index in [1.807, 2.05) is 0 Å². The molecule has 5 atom stereocenters. The minimum Gasteiger partial charge on any atom is -0.493 e. The van der Waals surface area contributed by atoms with Crippen LogP contribution in [0.1, 0.15) is 61.4 Å². The highest BCUT2D eigenvalue weighted by atomic mass is 19.4. The Balaban J connectivity index is 2.22. The van der Waals surface area contributed by atoms with E-state index in [4.69, 9.17) is 14.2 Å². The number of nitrogens with one attached hydrogen (secondary N) is 1. The van der Waals surface area contributed by atoms with Crippen LogP contribution >= 0.6 is 0 Å². The fourth-order valence-electron chi connectivity index (χ4n) is 4.71. The summed E-state index contributed by atoms with van der Waals surface area (Å²) in [5.74, 6) is -5.96. The molecule has 2 aromatic rings. The first-order valence-corrected chi connectivity index (χ1v) is 10.6. The lowest BCUT2D eigenvalue weighted by atomic mass is 9.77. The smallest absolute Gasteiger partial charge is 0.417 e. The molecule has 1 fully saturated rings. The van der Waals surface area contributed by atoms with Crippen molar-refractivity contribution in [3.8, 4) is 5.75 Å². The van der Waals surface area contributed by atoms with E-state index in [0.717, 1.165) is 26.2 Å². The molecule has 0 aliphatic carbocycles. The number of halogens is 5. The highest BCUT2D eigenvalue weighted by molar-refractivity contribution is 5.41. The van der Waals surface area contributed by atoms with Gasteiger partial charge in [0.2, 0.25) is 5.82 Å². The summed E-state index contributed by atoms with van der Waals surface area (Å²) < 4.78 is 86.3. The van der Waals surface area contributed by atoms with Crippen molar-refractivity contribution in [2.75, 3.05) is 20.8 Å². The van der Waals surface area contributed by atoms with Gasteiger partial charge in [0.15, 0.2) is 17.2 Å². The summed E-state index contributed by atoms with van der Waals surface area (Å²) in [6.07, 6.45) is -6.22. The van der Waals surface area contributed by atoms with Crippen LogP contribution in [0.4, 0.5) is 22.0 Å². The number of ether oxygens (including phenoxy) is 3. The van der Waals surface area contributed by atoms with Gasteiger partial charge < -0.3 is 19.2 Å². The molecule has 6 nitrogen and oxygen atoms in total. The molecule has 1 aromatic heterocycles. The summed E-state index contributed by atoms with van der Waals surface area (Å²) in [4.78, 5) is 19.8. The highest BCUT2D eigenvalue weighted by Gasteiger charge is 2.65. The number of aromatic nitrogens is 2. The molecule has 0 amide bonds. The van der Waals surface area contributed by atoms with Crippen molar-refractivity contribution in [1.29, 1.82) is 0 Å². The molecule has 0 saturated carbocycles. The molecule has 2 heterocycles. The number of hydrogen-bond acceptors (Lipinski definition) is 5. The average molecular weight is 490 g/mol. The summed E-state index contributed by atoms with van der Waals surface area (Å²) in [7, 11) is 2.57. The van der Waals surface area contributed by atoms with Crippen LogP contribution in [0.15, 0.2) is 16.9 Å². The molecule has 1 saturated heterocycles. The molecule has 0 bridgehead atoms. The SMILES string of the molecule is COC[C@H](C)c1c(C)nc([C@@H]2O[C@@](C)(C(F)(F)F)[C@@H](C)[C@H]2c2ccc(F)c(F)c2OC)[nH]c1=O. The number of alkyl halides is 3. The van der Waals surface area contributed by atoms with Crippen molar-refractivity contribution in [1.82, 2.24) is 9.97 Å². The molecular formula is C23H27F5N2O4. The highest BCUT2D eigenvalue weighted by Crippen LogP contribution is 2.59. The summed E-state index contributed by atoms with van der Waals surface area (Å²) in [6.45, 7) is 5.75. The van der Waals surface area contributed by atoms with Crippen LogP contribution in [0.25, 0.3) is 0 Å². The fourth-order valence-corrected chi connectivity index (χ4v) is 4.71. The van der Waals surface area contributed by atoms with Crippen LogP contribution in [0.2, 0.25) is 0 Å². The Labute approximate surface area is 193 Å². The number of H-pyrrole nitrogens is 1. The zero-order valence-electron chi connectivity index (χ0n) is 19.6. The maximum atomic E-state index is 14.5. The monoisotopic (exact) mass is 490 g/mol. The third-order valence-electron chi connectivity index (χ3n) is 6.66. The van der Waals surface area contributed by atoms with Crippen LogP contribution in [-0.4, -0.2) is 42.6 Å². The summed E-state index contributed by atoms with van der Waals surface area (Å²) >= 11 is 0. The zero-order valence-corrected chi connectivity index (χ0v) is 19.6. The molecule has 1 aliphatic rings. The molecule has 1 N–H and O–H groups in total. The van der Waals surface area contributed by atoms with E-state index in [1.165, 1.54) is 14.0 Å². The van der Waals surface area contributed by atoms with E-state index in [-0.39, 0.29) is 23.9 Å². The van der Waals surface area contributed by atoms with Crippen molar-refractivity contribution >= 4 is 0 Å². The van der Waals surface area contributed by atoms with Gasteiger partial charge in [-0.1, -0.05) is 19.9 Å². The fraction of sp³-hybridized carbons (Fsp3) is 0.565. The van der Waals surface area contributed by atoms with Gasteiger partial charge >= 0.3 is 6.18 Å². The predicted molar refractivity (Wildman–Crippen MR) is 113 cm³/mol. The summed E-state index contributed by atoms with van der Waals surface area (Å²) in [5.41, 5.74) is -2.59. The first-order chi connectivity index (χ1) is 15.8. The second-order valence-electron chi connectivity index (χ2n) is 8.75. The molecule has 3 rings (SSSR count). The van der Waals surface area contributed by atoms with E-state index < -0.39 is 52.7 Å². The van der Waals surface area contributed by atoms with Crippen molar-refractivity contribution < 1.29 is 36.2 Å². The van der Waals surface area contributed by atoms with E-state index in [9.17, 15) is 26.7 Å². The van der Waals surface area contributed by atoms with Crippen LogP contribution in [0, 0.1) is 24.5 Å². The predicted octanol–water partition coefficient (Wildman–Crippen LogP) is 4.93. The van der Waals surface area contributed by atoms with Crippen molar-refractivity contribution in [2.24, 2.45) is 5.92 Å².